The van der Waals surface area contributed by atoms with Crippen LogP contribution in [0, 0.1) is 13.8 Å². The summed E-state index contributed by atoms with van der Waals surface area (Å²) in [5.41, 5.74) is 3.50. The Bertz CT molecular complexity index is 1200. The van der Waals surface area contributed by atoms with E-state index in [1.54, 1.807) is 11.8 Å². The second-order valence-corrected chi connectivity index (χ2v) is 9.00. The molecular weight excluding hydrogens is 420 g/mol. The van der Waals surface area contributed by atoms with E-state index < -0.39 is 17.7 Å². The summed E-state index contributed by atoms with van der Waals surface area (Å²) in [5.74, 6) is -1.27. The summed E-state index contributed by atoms with van der Waals surface area (Å²) >= 11 is 1.30. The van der Waals surface area contributed by atoms with Crippen LogP contribution in [0.25, 0.3) is 10.6 Å². The average molecular weight is 447 g/mol. The maximum Gasteiger partial charge on any atom is 0.290 e. The van der Waals surface area contributed by atoms with Gasteiger partial charge in [-0.25, -0.2) is 4.98 Å². The Morgan fingerprint density at radius 2 is 1.78 bits per heavy atom. The van der Waals surface area contributed by atoms with Crippen molar-refractivity contribution < 1.29 is 14.7 Å². The van der Waals surface area contributed by atoms with Crippen LogP contribution < -0.4 is 0 Å². The van der Waals surface area contributed by atoms with Crippen LogP contribution >= 0.6 is 11.3 Å². The second-order valence-electron chi connectivity index (χ2n) is 8.00. The summed E-state index contributed by atoms with van der Waals surface area (Å²) < 4.78 is 0. The number of aryl methyl sites for hydroxylation is 2. The number of thiazole rings is 1. The number of hydrogen-bond donors (Lipinski definition) is 1. The first-order valence-corrected chi connectivity index (χ1v) is 11.6. The Balaban J connectivity index is 1.80. The fraction of sp³-hybridized carbons (Fsp3) is 0.269. The highest BCUT2D eigenvalue weighted by Crippen LogP contribution is 2.42. The number of benzene rings is 2. The fourth-order valence-corrected chi connectivity index (χ4v) is 5.12. The van der Waals surface area contributed by atoms with Crippen molar-refractivity contribution in [2.45, 2.75) is 39.7 Å². The van der Waals surface area contributed by atoms with E-state index in [9.17, 15) is 14.7 Å². The van der Waals surface area contributed by atoms with Gasteiger partial charge in [0.2, 0.25) is 5.78 Å². The molecule has 3 aromatic rings. The highest BCUT2D eigenvalue weighted by Gasteiger charge is 2.44. The van der Waals surface area contributed by atoms with Gasteiger partial charge in [0, 0.05) is 12.1 Å². The normalized spacial score (nSPS) is 16.2. The minimum Gasteiger partial charge on any atom is -0.503 e. The molecule has 1 aromatic heterocycles. The van der Waals surface area contributed by atoms with Crippen LogP contribution in [0.2, 0.25) is 0 Å². The standard InChI is InChI=1S/C26H26N2O3S/c1-4-5-15-28-21(19-14-10-9-11-16(19)2)20(23(30)26(28)31)22(29)24-17(3)27-25(32-24)18-12-7-6-8-13-18/h6-14,21,30H,4-5,15H2,1-3H3. The molecule has 1 aliphatic rings. The third kappa shape index (κ3) is 3.86. The van der Waals surface area contributed by atoms with Crippen molar-refractivity contribution in [3.8, 4) is 10.6 Å². The first-order valence-electron chi connectivity index (χ1n) is 10.8. The van der Waals surface area contributed by atoms with Crippen LogP contribution in [0.1, 0.15) is 52.3 Å². The quantitative estimate of drug-likeness (QED) is 0.465. The molecule has 0 spiro atoms. The van der Waals surface area contributed by atoms with Gasteiger partial charge in [-0.05, 0) is 31.4 Å². The number of aromatic nitrogens is 1. The van der Waals surface area contributed by atoms with Gasteiger partial charge in [-0.15, -0.1) is 11.3 Å². The highest BCUT2D eigenvalue weighted by atomic mass is 32.1. The number of Topliss-reactive ketones (excluding diaryl/α,β-unsaturated/α-hetero) is 1. The van der Waals surface area contributed by atoms with Gasteiger partial charge in [0.15, 0.2) is 5.76 Å². The number of unbranched alkanes of at least 4 members (excludes halogenated alkanes) is 1. The SMILES string of the molecule is CCCCN1C(=O)C(O)=C(C(=O)c2sc(-c3ccccc3)nc2C)C1c1ccccc1C. The third-order valence-electron chi connectivity index (χ3n) is 5.81. The maximum atomic E-state index is 13.8. The van der Waals surface area contributed by atoms with E-state index in [1.807, 2.05) is 61.5 Å². The van der Waals surface area contributed by atoms with Gasteiger partial charge in [0.25, 0.3) is 5.91 Å². The van der Waals surface area contributed by atoms with E-state index in [0.717, 1.165) is 34.5 Å². The second kappa shape index (κ2) is 9.09. The smallest absolute Gasteiger partial charge is 0.290 e. The molecule has 164 valence electrons. The number of hydrogen-bond acceptors (Lipinski definition) is 5. The number of aliphatic hydroxyl groups is 1. The van der Waals surface area contributed by atoms with Crippen molar-refractivity contribution in [1.82, 2.24) is 9.88 Å². The summed E-state index contributed by atoms with van der Waals surface area (Å²) in [5, 5.41) is 11.6. The fourth-order valence-electron chi connectivity index (χ4n) is 4.10. The summed E-state index contributed by atoms with van der Waals surface area (Å²) in [7, 11) is 0. The van der Waals surface area contributed by atoms with E-state index in [-0.39, 0.29) is 11.4 Å². The molecule has 0 bridgehead atoms. The van der Waals surface area contributed by atoms with Crippen LogP contribution in [0.4, 0.5) is 0 Å². The minimum absolute atomic E-state index is 0.145. The molecule has 1 atom stereocenters. The van der Waals surface area contributed by atoms with E-state index in [2.05, 4.69) is 11.9 Å². The number of carbonyl (C=O) groups is 2. The molecule has 1 unspecified atom stereocenters. The molecule has 4 rings (SSSR count). The van der Waals surface area contributed by atoms with Crippen LogP contribution in [0.3, 0.4) is 0 Å². The summed E-state index contributed by atoms with van der Waals surface area (Å²) in [4.78, 5) is 33.5. The van der Waals surface area contributed by atoms with E-state index in [4.69, 9.17) is 0 Å². The minimum atomic E-state index is -0.607. The van der Waals surface area contributed by atoms with E-state index in [0.29, 0.717) is 17.1 Å². The van der Waals surface area contributed by atoms with Gasteiger partial charge < -0.3 is 10.0 Å². The number of aliphatic hydroxyl groups excluding tert-OH is 1. The Hall–Kier alpha value is -3.25. The molecule has 0 saturated heterocycles. The van der Waals surface area contributed by atoms with Gasteiger partial charge in [-0.3, -0.25) is 9.59 Å². The molecule has 5 nitrogen and oxygen atoms in total. The molecule has 0 radical (unpaired) electrons. The largest absolute Gasteiger partial charge is 0.503 e. The summed E-state index contributed by atoms with van der Waals surface area (Å²) in [6, 6.07) is 16.8. The van der Waals surface area contributed by atoms with Gasteiger partial charge in [-0.1, -0.05) is 67.9 Å². The Kier molecular flexibility index (Phi) is 6.24. The predicted octanol–water partition coefficient (Wildman–Crippen LogP) is 5.81. The number of carbonyl (C=O) groups excluding carboxylic acids is 2. The molecule has 2 aromatic carbocycles. The number of ketones is 1. The van der Waals surface area contributed by atoms with E-state index in [1.165, 1.54) is 11.3 Å². The van der Waals surface area contributed by atoms with Gasteiger partial charge in [0.05, 0.1) is 22.2 Å². The van der Waals surface area contributed by atoms with Crippen molar-refractivity contribution in [1.29, 1.82) is 0 Å². The molecule has 6 heteroatoms. The van der Waals surface area contributed by atoms with Gasteiger partial charge in [-0.2, -0.15) is 0 Å². The molecule has 2 heterocycles. The lowest BCUT2D eigenvalue weighted by Crippen LogP contribution is -2.32. The van der Waals surface area contributed by atoms with Crippen LogP contribution in [0.15, 0.2) is 65.9 Å². The van der Waals surface area contributed by atoms with Gasteiger partial charge in [0.1, 0.15) is 5.01 Å². The van der Waals surface area contributed by atoms with E-state index >= 15 is 0 Å². The lowest BCUT2D eigenvalue weighted by atomic mass is 9.92. The molecule has 0 saturated carbocycles. The van der Waals surface area contributed by atoms with Crippen LogP contribution in [0.5, 0.6) is 0 Å². The Morgan fingerprint density at radius 1 is 1.09 bits per heavy atom. The number of nitrogens with zero attached hydrogens (tertiary/aromatic N) is 2. The zero-order chi connectivity index (χ0) is 22.8. The Labute approximate surface area is 192 Å². The molecule has 32 heavy (non-hydrogen) atoms. The summed E-state index contributed by atoms with van der Waals surface area (Å²) in [6.07, 6.45) is 1.70. The van der Waals surface area contributed by atoms with Crippen molar-refractivity contribution in [3.05, 3.63) is 87.6 Å². The third-order valence-corrected chi connectivity index (χ3v) is 7.01. The van der Waals surface area contributed by atoms with Crippen molar-refractivity contribution in [2.24, 2.45) is 0 Å². The topological polar surface area (TPSA) is 70.5 Å². The monoisotopic (exact) mass is 446 g/mol. The lowest BCUT2D eigenvalue weighted by molar-refractivity contribution is -0.129. The summed E-state index contributed by atoms with van der Waals surface area (Å²) in [6.45, 7) is 6.28. The lowest BCUT2D eigenvalue weighted by Gasteiger charge is -2.27. The Morgan fingerprint density at radius 3 is 2.47 bits per heavy atom. The number of rotatable bonds is 7. The van der Waals surface area contributed by atoms with Crippen molar-refractivity contribution in [3.63, 3.8) is 0 Å². The van der Waals surface area contributed by atoms with Crippen LogP contribution in [-0.2, 0) is 4.79 Å². The highest BCUT2D eigenvalue weighted by molar-refractivity contribution is 7.17. The maximum absolute atomic E-state index is 13.8. The molecule has 1 N–H and O–H groups in total. The molecular formula is C26H26N2O3S. The molecule has 0 fully saturated rings. The predicted molar refractivity (Wildman–Crippen MR) is 127 cm³/mol. The van der Waals surface area contributed by atoms with Crippen molar-refractivity contribution >= 4 is 23.0 Å². The number of amides is 1. The molecule has 1 aliphatic heterocycles. The van der Waals surface area contributed by atoms with Crippen molar-refractivity contribution in [2.75, 3.05) is 6.54 Å². The average Bonchev–Trinajstić information content (AvgIpc) is 3.31. The molecule has 1 amide bonds. The first-order chi connectivity index (χ1) is 15.4. The zero-order valence-electron chi connectivity index (χ0n) is 18.5. The van der Waals surface area contributed by atoms with Gasteiger partial charge >= 0.3 is 0 Å². The molecule has 0 aliphatic carbocycles. The first kappa shape index (κ1) is 22.0. The zero-order valence-corrected chi connectivity index (χ0v) is 19.3. The van der Waals surface area contributed by atoms with Crippen LogP contribution in [-0.4, -0.2) is 33.2 Å².